The number of rotatable bonds is 5. The van der Waals surface area contributed by atoms with Crippen LogP contribution >= 0.6 is 0 Å². The molecule has 20 heavy (non-hydrogen) atoms. The summed E-state index contributed by atoms with van der Waals surface area (Å²) in [5.41, 5.74) is 7.41. The molecular formula is C16H24N2O2. The van der Waals surface area contributed by atoms with Crippen LogP contribution in [0.15, 0.2) is 24.3 Å². The second-order valence-electron chi connectivity index (χ2n) is 5.62. The van der Waals surface area contributed by atoms with Crippen molar-refractivity contribution in [3.63, 3.8) is 0 Å². The smallest absolute Gasteiger partial charge is 0.217 e. The Morgan fingerprint density at radius 2 is 1.95 bits per heavy atom. The summed E-state index contributed by atoms with van der Waals surface area (Å²) in [4.78, 5) is 13.3. The van der Waals surface area contributed by atoms with Crippen LogP contribution in [-0.2, 0) is 4.79 Å². The summed E-state index contributed by atoms with van der Waals surface area (Å²) in [6.45, 7) is 3.91. The molecule has 1 aliphatic rings. The molecule has 0 unspecified atom stereocenters. The number of piperidine rings is 1. The zero-order valence-corrected chi connectivity index (χ0v) is 12.1. The van der Waals surface area contributed by atoms with E-state index in [1.807, 2.05) is 19.1 Å². The van der Waals surface area contributed by atoms with Crippen molar-refractivity contribution < 1.29 is 9.90 Å². The van der Waals surface area contributed by atoms with E-state index in [4.69, 9.17) is 5.73 Å². The van der Waals surface area contributed by atoms with E-state index in [0.717, 1.165) is 37.9 Å². The molecule has 1 aromatic rings. The molecule has 0 saturated carbocycles. The van der Waals surface area contributed by atoms with E-state index in [-0.39, 0.29) is 12.0 Å². The Kier molecular flexibility index (Phi) is 5.01. The number of carbonyl (C=O) groups is 1. The van der Waals surface area contributed by atoms with Crippen LogP contribution in [0.2, 0.25) is 0 Å². The third kappa shape index (κ3) is 3.73. The Labute approximate surface area is 120 Å². The average Bonchev–Trinajstić information content (AvgIpc) is 2.47. The fraction of sp³-hybridized carbons (Fsp3) is 0.562. The second kappa shape index (κ2) is 6.75. The third-order valence-corrected chi connectivity index (χ3v) is 4.13. The van der Waals surface area contributed by atoms with Gasteiger partial charge < -0.3 is 15.7 Å². The molecule has 0 radical (unpaired) electrons. The number of aliphatic hydroxyl groups excluding tert-OH is 1. The number of nitrogens with two attached hydrogens (primary N) is 1. The van der Waals surface area contributed by atoms with Crippen LogP contribution in [0.1, 0.15) is 44.3 Å². The van der Waals surface area contributed by atoms with Gasteiger partial charge in [0.15, 0.2) is 0 Å². The van der Waals surface area contributed by atoms with Gasteiger partial charge in [-0.15, -0.1) is 0 Å². The minimum absolute atomic E-state index is 0.193. The van der Waals surface area contributed by atoms with Crippen molar-refractivity contribution in [1.29, 1.82) is 0 Å². The van der Waals surface area contributed by atoms with E-state index >= 15 is 0 Å². The molecule has 1 aromatic carbocycles. The summed E-state index contributed by atoms with van der Waals surface area (Å²) in [6.07, 6.45) is 2.91. The molecule has 1 fully saturated rings. The molecule has 1 amide bonds. The molecule has 2 rings (SSSR count). The highest BCUT2D eigenvalue weighted by molar-refractivity contribution is 5.74. The molecule has 0 spiro atoms. The van der Waals surface area contributed by atoms with Crippen LogP contribution in [0.25, 0.3) is 0 Å². The highest BCUT2D eigenvalue weighted by atomic mass is 16.3. The molecule has 1 aliphatic heterocycles. The van der Waals surface area contributed by atoms with Crippen molar-refractivity contribution in [2.24, 2.45) is 11.7 Å². The molecule has 3 N–H and O–H groups in total. The maximum Gasteiger partial charge on any atom is 0.217 e. The molecule has 1 heterocycles. The number of anilines is 1. The lowest BCUT2D eigenvalue weighted by Crippen LogP contribution is -2.35. The van der Waals surface area contributed by atoms with Gasteiger partial charge in [0.05, 0.1) is 6.10 Å². The zero-order chi connectivity index (χ0) is 14.5. The van der Waals surface area contributed by atoms with Crippen LogP contribution in [0.4, 0.5) is 5.69 Å². The van der Waals surface area contributed by atoms with Gasteiger partial charge in [-0.25, -0.2) is 0 Å². The normalized spacial score (nSPS) is 18.0. The summed E-state index contributed by atoms with van der Waals surface area (Å²) in [7, 11) is 0. The number of amides is 1. The molecule has 1 atom stereocenters. The number of hydrogen-bond acceptors (Lipinski definition) is 3. The number of hydrogen-bond donors (Lipinski definition) is 2. The first-order chi connectivity index (χ1) is 9.60. The van der Waals surface area contributed by atoms with E-state index in [9.17, 15) is 9.90 Å². The number of nitrogens with zero attached hydrogens (tertiary/aromatic N) is 1. The summed E-state index contributed by atoms with van der Waals surface area (Å²) in [5, 5.41) is 9.79. The van der Waals surface area contributed by atoms with Crippen molar-refractivity contribution in [3.8, 4) is 0 Å². The highest BCUT2D eigenvalue weighted by Crippen LogP contribution is 2.26. The van der Waals surface area contributed by atoms with Gasteiger partial charge in [0, 0.05) is 25.2 Å². The van der Waals surface area contributed by atoms with Gasteiger partial charge in [0.1, 0.15) is 0 Å². The minimum atomic E-state index is -0.370. The van der Waals surface area contributed by atoms with Gasteiger partial charge in [-0.05, 0) is 42.9 Å². The van der Waals surface area contributed by atoms with E-state index in [1.54, 1.807) is 0 Å². The molecule has 4 heteroatoms. The first kappa shape index (κ1) is 14.9. The van der Waals surface area contributed by atoms with Crippen molar-refractivity contribution >= 4 is 11.6 Å². The average molecular weight is 276 g/mol. The zero-order valence-electron chi connectivity index (χ0n) is 12.1. The van der Waals surface area contributed by atoms with Gasteiger partial charge in [0.25, 0.3) is 0 Å². The van der Waals surface area contributed by atoms with Crippen molar-refractivity contribution in [1.82, 2.24) is 0 Å². The van der Waals surface area contributed by atoms with Crippen LogP contribution in [0, 0.1) is 5.92 Å². The summed E-state index contributed by atoms with van der Waals surface area (Å²) < 4.78 is 0. The van der Waals surface area contributed by atoms with E-state index in [2.05, 4.69) is 17.0 Å². The van der Waals surface area contributed by atoms with Crippen LogP contribution in [-0.4, -0.2) is 24.1 Å². The topological polar surface area (TPSA) is 66.6 Å². The van der Waals surface area contributed by atoms with E-state index in [0.29, 0.717) is 12.3 Å². The lowest BCUT2D eigenvalue weighted by Gasteiger charge is -2.33. The Balaban J connectivity index is 1.92. The summed E-state index contributed by atoms with van der Waals surface area (Å²) in [5.74, 6) is 0.242. The Hall–Kier alpha value is -1.55. The Morgan fingerprint density at radius 3 is 2.45 bits per heavy atom. The first-order valence-electron chi connectivity index (χ1n) is 7.41. The lowest BCUT2D eigenvalue weighted by molar-refractivity contribution is -0.119. The number of aliphatic hydroxyl groups is 1. The fourth-order valence-corrected chi connectivity index (χ4v) is 2.82. The third-order valence-electron chi connectivity index (χ3n) is 4.13. The predicted molar refractivity (Wildman–Crippen MR) is 80.4 cm³/mol. The molecule has 0 bridgehead atoms. The van der Waals surface area contributed by atoms with Crippen molar-refractivity contribution in [3.05, 3.63) is 29.8 Å². The Bertz CT molecular complexity index is 436. The Morgan fingerprint density at radius 1 is 1.35 bits per heavy atom. The molecule has 110 valence electrons. The molecular weight excluding hydrogens is 252 g/mol. The standard InChI is InChI=1S/C16H24N2O2/c1-2-15(19)13-3-5-14(6-4-13)18-9-7-12(8-10-18)11-16(17)20/h3-6,12,15,19H,2,7-11H2,1H3,(H2,17,20)/t15-/m1/s1. The second-order valence-corrected chi connectivity index (χ2v) is 5.62. The molecule has 4 nitrogen and oxygen atoms in total. The number of primary amides is 1. The van der Waals surface area contributed by atoms with Crippen LogP contribution in [0.3, 0.4) is 0 Å². The highest BCUT2D eigenvalue weighted by Gasteiger charge is 2.20. The maximum atomic E-state index is 10.9. The number of carbonyl (C=O) groups excluding carboxylic acids is 1. The van der Waals surface area contributed by atoms with Gasteiger partial charge in [0.2, 0.25) is 5.91 Å². The van der Waals surface area contributed by atoms with Crippen molar-refractivity contribution in [2.45, 2.75) is 38.7 Å². The van der Waals surface area contributed by atoms with Crippen LogP contribution < -0.4 is 10.6 Å². The number of benzene rings is 1. The fourth-order valence-electron chi connectivity index (χ4n) is 2.82. The van der Waals surface area contributed by atoms with Gasteiger partial charge >= 0.3 is 0 Å². The van der Waals surface area contributed by atoms with Crippen LogP contribution in [0.5, 0.6) is 0 Å². The largest absolute Gasteiger partial charge is 0.388 e. The summed E-state index contributed by atoms with van der Waals surface area (Å²) in [6, 6.07) is 8.14. The van der Waals surface area contributed by atoms with Gasteiger partial charge in [-0.2, -0.15) is 0 Å². The monoisotopic (exact) mass is 276 g/mol. The first-order valence-corrected chi connectivity index (χ1v) is 7.41. The molecule has 0 aliphatic carbocycles. The van der Waals surface area contributed by atoms with E-state index in [1.165, 1.54) is 5.69 Å². The maximum absolute atomic E-state index is 10.9. The lowest BCUT2D eigenvalue weighted by atomic mass is 9.93. The molecule has 1 saturated heterocycles. The van der Waals surface area contributed by atoms with Gasteiger partial charge in [-0.3, -0.25) is 4.79 Å². The van der Waals surface area contributed by atoms with Gasteiger partial charge in [-0.1, -0.05) is 19.1 Å². The quantitative estimate of drug-likeness (QED) is 0.866. The predicted octanol–water partition coefficient (Wildman–Crippen LogP) is 2.22. The summed E-state index contributed by atoms with van der Waals surface area (Å²) >= 11 is 0. The van der Waals surface area contributed by atoms with E-state index < -0.39 is 0 Å². The molecule has 0 aromatic heterocycles. The SMILES string of the molecule is CC[C@@H](O)c1ccc(N2CCC(CC(N)=O)CC2)cc1. The minimum Gasteiger partial charge on any atom is -0.388 e. The van der Waals surface area contributed by atoms with Crippen molar-refractivity contribution in [2.75, 3.05) is 18.0 Å².